The van der Waals surface area contributed by atoms with Crippen molar-refractivity contribution in [2.45, 2.75) is 25.2 Å². The Morgan fingerprint density at radius 1 is 0.875 bits per heavy atom. The molecule has 0 N–H and O–H groups in total. The number of piperidine rings is 1. The summed E-state index contributed by atoms with van der Waals surface area (Å²) in [5, 5.41) is 0. The number of furan rings is 1. The lowest BCUT2D eigenvalue weighted by Gasteiger charge is -2.34. The Bertz CT molecular complexity index is 1050. The lowest BCUT2D eigenvalue weighted by atomic mass is 9.94. The molecule has 32 heavy (non-hydrogen) atoms. The fourth-order valence-corrected chi connectivity index (χ4v) is 6.25. The SMILES string of the molecule is C[C@@H]1C[C@@H](C)CN(S(=O)(=O)c2ccc(C(=O)N3CCN(C(=O)c4ccco4)CC3)cc2)C1. The van der Waals surface area contributed by atoms with Crippen LogP contribution in [0.5, 0.6) is 0 Å². The Labute approximate surface area is 188 Å². The second-order valence-electron chi connectivity index (χ2n) is 8.85. The second-order valence-corrected chi connectivity index (χ2v) is 10.8. The molecule has 0 aliphatic carbocycles. The number of nitrogens with zero attached hydrogens (tertiary/aromatic N) is 3. The van der Waals surface area contributed by atoms with Gasteiger partial charge in [-0.1, -0.05) is 13.8 Å². The second kappa shape index (κ2) is 9.07. The van der Waals surface area contributed by atoms with Gasteiger partial charge in [0.2, 0.25) is 10.0 Å². The van der Waals surface area contributed by atoms with Crippen LogP contribution in [0.15, 0.2) is 52.0 Å². The van der Waals surface area contributed by atoms with E-state index in [1.54, 1.807) is 38.4 Å². The predicted molar refractivity (Wildman–Crippen MR) is 119 cm³/mol. The number of rotatable bonds is 4. The maximum absolute atomic E-state index is 13.0. The third kappa shape index (κ3) is 4.59. The number of carbonyl (C=O) groups excluding carboxylic acids is 2. The van der Waals surface area contributed by atoms with E-state index >= 15 is 0 Å². The number of hydrogen-bond acceptors (Lipinski definition) is 5. The van der Waals surface area contributed by atoms with Gasteiger partial charge in [-0.15, -0.1) is 0 Å². The molecule has 4 rings (SSSR count). The van der Waals surface area contributed by atoms with Crippen molar-refractivity contribution in [3.8, 4) is 0 Å². The minimum Gasteiger partial charge on any atom is -0.459 e. The van der Waals surface area contributed by atoms with Crippen molar-refractivity contribution >= 4 is 21.8 Å². The minimum absolute atomic E-state index is 0.167. The molecular formula is C23H29N3O5S. The third-order valence-corrected chi connectivity index (χ3v) is 8.01. The van der Waals surface area contributed by atoms with E-state index < -0.39 is 10.0 Å². The maximum Gasteiger partial charge on any atom is 0.289 e. The average Bonchev–Trinajstić information content (AvgIpc) is 3.33. The summed E-state index contributed by atoms with van der Waals surface area (Å²) in [6.07, 6.45) is 2.49. The largest absolute Gasteiger partial charge is 0.459 e. The van der Waals surface area contributed by atoms with Crippen LogP contribution >= 0.6 is 0 Å². The highest BCUT2D eigenvalue weighted by Crippen LogP contribution is 2.27. The van der Waals surface area contributed by atoms with Gasteiger partial charge in [0, 0.05) is 44.8 Å². The molecule has 0 unspecified atom stereocenters. The molecule has 0 radical (unpaired) electrons. The zero-order valence-electron chi connectivity index (χ0n) is 18.4. The van der Waals surface area contributed by atoms with Crippen LogP contribution in [0.4, 0.5) is 0 Å². The fourth-order valence-electron chi connectivity index (χ4n) is 4.57. The first-order valence-corrected chi connectivity index (χ1v) is 12.4. The molecule has 0 saturated carbocycles. The molecule has 2 fully saturated rings. The van der Waals surface area contributed by atoms with E-state index in [9.17, 15) is 18.0 Å². The van der Waals surface area contributed by atoms with Gasteiger partial charge in [0.15, 0.2) is 5.76 Å². The van der Waals surface area contributed by atoms with Crippen LogP contribution in [0.1, 0.15) is 41.2 Å². The van der Waals surface area contributed by atoms with E-state index in [1.165, 1.54) is 18.4 Å². The Hall–Kier alpha value is -2.65. The van der Waals surface area contributed by atoms with Crippen molar-refractivity contribution in [2.75, 3.05) is 39.3 Å². The van der Waals surface area contributed by atoms with Crippen LogP contribution in [0.3, 0.4) is 0 Å². The zero-order chi connectivity index (χ0) is 22.9. The normalized spacial score (nSPS) is 22.7. The summed E-state index contributed by atoms with van der Waals surface area (Å²) < 4.78 is 32.8. The number of carbonyl (C=O) groups is 2. The molecule has 0 spiro atoms. The van der Waals surface area contributed by atoms with Crippen molar-refractivity contribution in [1.82, 2.24) is 14.1 Å². The van der Waals surface area contributed by atoms with Crippen LogP contribution in [-0.4, -0.2) is 73.6 Å². The van der Waals surface area contributed by atoms with Gasteiger partial charge in [-0.3, -0.25) is 9.59 Å². The number of sulfonamides is 1. The molecule has 172 valence electrons. The molecule has 8 nitrogen and oxygen atoms in total. The number of piperazine rings is 1. The van der Waals surface area contributed by atoms with Crippen LogP contribution in [0, 0.1) is 11.8 Å². The van der Waals surface area contributed by atoms with E-state index in [2.05, 4.69) is 13.8 Å². The highest BCUT2D eigenvalue weighted by Gasteiger charge is 2.32. The molecule has 2 aromatic rings. The van der Waals surface area contributed by atoms with E-state index in [0.717, 1.165) is 6.42 Å². The summed E-state index contributed by atoms with van der Waals surface area (Å²) in [6.45, 7) is 6.85. The molecule has 2 saturated heterocycles. The van der Waals surface area contributed by atoms with Crippen molar-refractivity contribution in [3.05, 3.63) is 54.0 Å². The van der Waals surface area contributed by atoms with Crippen LogP contribution in [0.2, 0.25) is 0 Å². The van der Waals surface area contributed by atoms with Gasteiger partial charge in [0.25, 0.3) is 11.8 Å². The van der Waals surface area contributed by atoms with Crippen LogP contribution in [-0.2, 0) is 10.0 Å². The van der Waals surface area contributed by atoms with Crippen molar-refractivity contribution in [1.29, 1.82) is 0 Å². The Kier molecular flexibility index (Phi) is 6.39. The minimum atomic E-state index is -3.58. The summed E-state index contributed by atoms with van der Waals surface area (Å²) in [6, 6.07) is 9.48. The molecule has 0 bridgehead atoms. The topological polar surface area (TPSA) is 91.1 Å². The predicted octanol–water partition coefficient (Wildman–Crippen LogP) is 2.54. The van der Waals surface area contributed by atoms with Gasteiger partial charge in [0.05, 0.1) is 11.2 Å². The Morgan fingerprint density at radius 2 is 1.44 bits per heavy atom. The third-order valence-electron chi connectivity index (χ3n) is 6.16. The molecular weight excluding hydrogens is 430 g/mol. The van der Waals surface area contributed by atoms with E-state index in [0.29, 0.717) is 62.4 Å². The number of benzene rings is 1. The van der Waals surface area contributed by atoms with Gasteiger partial charge in [0.1, 0.15) is 0 Å². The van der Waals surface area contributed by atoms with Crippen LogP contribution < -0.4 is 0 Å². The summed E-state index contributed by atoms with van der Waals surface area (Å²) in [4.78, 5) is 28.8. The first-order chi connectivity index (χ1) is 15.3. The summed E-state index contributed by atoms with van der Waals surface area (Å²) >= 11 is 0. The molecule has 2 aliphatic rings. The molecule has 2 aliphatic heterocycles. The Morgan fingerprint density at radius 3 is 1.97 bits per heavy atom. The molecule has 1 aromatic carbocycles. The average molecular weight is 460 g/mol. The molecule has 3 heterocycles. The van der Waals surface area contributed by atoms with Crippen molar-refractivity contribution < 1.29 is 22.4 Å². The van der Waals surface area contributed by atoms with Gasteiger partial charge >= 0.3 is 0 Å². The maximum atomic E-state index is 13.0. The fraction of sp³-hybridized carbons (Fsp3) is 0.478. The zero-order valence-corrected chi connectivity index (χ0v) is 19.3. The van der Waals surface area contributed by atoms with Gasteiger partial charge in [-0.2, -0.15) is 4.31 Å². The molecule has 1 aromatic heterocycles. The van der Waals surface area contributed by atoms with E-state index in [-0.39, 0.29) is 16.7 Å². The molecule has 2 atom stereocenters. The van der Waals surface area contributed by atoms with Crippen LogP contribution in [0.25, 0.3) is 0 Å². The van der Waals surface area contributed by atoms with E-state index in [4.69, 9.17) is 4.42 Å². The lowest BCUT2D eigenvalue weighted by molar-refractivity contribution is 0.0518. The van der Waals surface area contributed by atoms with Crippen molar-refractivity contribution in [2.24, 2.45) is 11.8 Å². The first-order valence-electron chi connectivity index (χ1n) is 11.0. The van der Waals surface area contributed by atoms with E-state index in [1.807, 2.05) is 0 Å². The standard InChI is InChI=1S/C23H29N3O5S/c1-17-14-18(2)16-26(15-17)32(29,30)20-7-5-19(6-8-20)22(27)24-9-11-25(12-10-24)23(28)21-4-3-13-31-21/h3-8,13,17-18H,9-12,14-16H2,1-2H3/t17-,18-/m1/s1. The lowest BCUT2D eigenvalue weighted by Crippen LogP contribution is -2.50. The first kappa shape index (κ1) is 22.5. The van der Waals surface area contributed by atoms with Gasteiger partial charge in [-0.25, -0.2) is 8.42 Å². The quantitative estimate of drug-likeness (QED) is 0.701. The summed E-state index contributed by atoms with van der Waals surface area (Å²) in [7, 11) is -3.58. The number of amides is 2. The summed E-state index contributed by atoms with van der Waals surface area (Å²) in [5.41, 5.74) is 0.440. The molecule has 2 amide bonds. The number of hydrogen-bond donors (Lipinski definition) is 0. The molecule has 9 heteroatoms. The smallest absolute Gasteiger partial charge is 0.289 e. The Balaban J connectivity index is 1.39. The van der Waals surface area contributed by atoms with Crippen molar-refractivity contribution in [3.63, 3.8) is 0 Å². The monoisotopic (exact) mass is 459 g/mol. The highest BCUT2D eigenvalue weighted by atomic mass is 32.2. The van der Waals surface area contributed by atoms with Gasteiger partial charge < -0.3 is 14.2 Å². The highest BCUT2D eigenvalue weighted by molar-refractivity contribution is 7.89. The van der Waals surface area contributed by atoms with Gasteiger partial charge in [-0.05, 0) is 54.7 Å². The summed E-state index contributed by atoms with van der Waals surface area (Å²) in [5.74, 6) is 0.594.